The summed E-state index contributed by atoms with van der Waals surface area (Å²) in [4.78, 5) is 37.5. The van der Waals surface area contributed by atoms with E-state index < -0.39 is 11.4 Å². The van der Waals surface area contributed by atoms with E-state index in [9.17, 15) is 14.4 Å². The topological polar surface area (TPSA) is 92.5 Å². The van der Waals surface area contributed by atoms with Gasteiger partial charge >= 0.3 is 0 Å². The number of imide groups is 1. The highest BCUT2D eigenvalue weighted by Gasteiger charge is 2.61. The van der Waals surface area contributed by atoms with Gasteiger partial charge in [-0.2, -0.15) is 0 Å². The van der Waals surface area contributed by atoms with E-state index in [-0.39, 0.29) is 36.1 Å². The molecule has 0 radical (unpaired) electrons. The van der Waals surface area contributed by atoms with Gasteiger partial charge in [0, 0.05) is 0 Å². The zero-order chi connectivity index (χ0) is 14.5. The smallest absolute Gasteiger partial charge is 0.239 e. The van der Waals surface area contributed by atoms with Crippen molar-refractivity contribution in [3.05, 3.63) is 0 Å². The first-order valence-electron chi connectivity index (χ1n) is 7.41. The van der Waals surface area contributed by atoms with E-state index in [1.807, 2.05) is 6.92 Å². The van der Waals surface area contributed by atoms with Crippen LogP contribution in [0.3, 0.4) is 0 Å². The quantitative estimate of drug-likeness (QED) is 0.622. The number of rotatable bonds is 7. The van der Waals surface area contributed by atoms with Crippen molar-refractivity contribution in [3.8, 4) is 0 Å². The van der Waals surface area contributed by atoms with E-state index in [4.69, 9.17) is 5.73 Å². The molecule has 6 nitrogen and oxygen atoms in total. The Kier molecular flexibility index (Phi) is 3.08. The number of hydrogen-bond donors (Lipinski definition) is 2. The third kappa shape index (κ3) is 1.93. The van der Waals surface area contributed by atoms with Crippen LogP contribution in [0.25, 0.3) is 0 Å². The maximum Gasteiger partial charge on any atom is 0.239 e. The number of nitrogens with zero attached hydrogens (tertiary/aromatic N) is 1. The number of carbonyl (C=O) groups excluding carboxylic acids is 3. The third-order valence-electron chi connectivity index (χ3n) is 4.77. The fourth-order valence-corrected chi connectivity index (χ4v) is 3.27. The van der Waals surface area contributed by atoms with E-state index in [1.54, 1.807) is 0 Å². The zero-order valence-electron chi connectivity index (χ0n) is 11.7. The Morgan fingerprint density at radius 1 is 1.35 bits per heavy atom. The number of piperidine rings is 1. The Hall–Kier alpha value is -1.43. The summed E-state index contributed by atoms with van der Waals surface area (Å²) in [7, 11) is 0. The highest BCUT2D eigenvalue weighted by Crippen LogP contribution is 2.48. The molecule has 0 aromatic carbocycles. The van der Waals surface area contributed by atoms with Crippen LogP contribution in [0.1, 0.15) is 32.6 Å². The molecular weight excluding hydrogens is 258 g/mol. The minimum Gasteiger partial charge on any atom is -0.368 e. The Morgan fingerprint density at radius 3 is 2.40 bits per heavy atom. The summed E-state index contributed by atoms with van der Waals surface area (Å²) in [5, 5.41) is 3.22. The van der Waals surface area contributed by atoms with Crippen molar-refractivity contribution >= 4 is 17.7 Å². The van der Waals surface area contributed by atoms with Gasteiger partial charge in [-0.25, -0.2) is 0 Å². The monoisotopic (exact) mass is 279 g/mol. The molecule has 2 saturated carbocycles. The lowest BCUT2D eigenvalue weighted by atomic mass is 9.91. The molecule has 1 saturated heterocycles. The van der Waals surface area contributed by atoms with Crippen LogP contribution >= 0.6 is 0 Å². The molecule has 3 aliphatic rings. The molecule has 3 rings (SSSR count). The van der Waals surface area contributed by atoms with E-state index in [0.29, 0.717) is 13.0 Å². The number of carbonyl (C=O) groups is 3. The Labute approximate surface area is 118 Å². The molecule has 20 heavy (non-hydrogen) atoms. The van der Waals surface area contributed by atoms with Crippen LogP contribution in [0.5, 0.6) is 0 Å². The average Bonchev–Trinajstić information content (AvgIpc) is 3.27. The summed E-state index contributed by atoms with van der Waals surface area (Å²) in [6.45, 7) is 2.77. The summed E-state index contributed by atoms with van der Waals surface area (Å²) in [6, 6.07) is 0. The predicted octanol–water partition coefficient (Wildman–Crippen LogP) is -0.375. The molecule has 3 atom stereocenters. The number of amides is 3. The standard InChI is InChI=1S/C14H21N3O3/c1-2-5-16-14(13(15)20,8-3-4-8)7-17-11(18)9-6-10(9)12(17)19/h8-10,16H,2-7H2,1H3,(H2,15,20). The normalized spacial score (nSPS) is 31.1. The van der Waals surface area contributed by atoms with Crippen LogP contribution in [0.4, 0.5) is 0 Å². The van der Waals surface area contributed by atoms with Gasteiger partial charge < -0.3 is 11.1 Å². The van der Waals surface area contributed by atoms with Gasteiger partial charge in [0.15, 0.2) is 0 Å². The molecule has 0 aromatic rings. The van der Waals surface area contributed by atoms with Crippen molar-refractivity contribution < 1.29 is 14.4 Å². The third-order valence-corrected chi connectivity index (χ3v) is 4.77. The molecular formula is C14H21N3O3. The van der Waals surface area contributed by atoms with Crippen molar-refractivity contribution in [2.75, 3.05) is 13.1 Å². The zero-order valence-corrected chi connectivity index (χ0v) is 11.7. The molecule has 0 bridgehead atoms. The molecule has 0 aromatic heterocycles. The fourth-order valence-electron chi connectivity index (χ4n) is 3.27. The van der Waals surface area contributed by atoms with Crippen LogP contribution in [0, 0.1) is 17.8 Å². The van der Waals surface area contributed by atoms with Gasteiger partial charge in [-0.15, -0.1) is 0 Å². The highest BCUT2D eigenvalue weighted by atomic mass is 16.2. The van der Waals surface area contributed by atoms with Gasteiger partial charge in [0.2, 0.25) is 17.7 Å². The summed E-state index contributed by atoms with van der Waals surface area (Å²) in [5.41, 5.74) is 4.69. The van der Waals surface area contributed by atoms with E-state index >= 15 is 0 Å². The maximum atomic E-state index is 12.1. The lowest BCUT2D eigenvalue weighted by Crippen LogP contribution is -2.64. The second kappa shape index (κ2) is 4.55. The first-order valence-corrected chi connectivity index (χ1v) is 7.41. The number of likely N-dealkylation sites (tertiary alicyclic amines) is 1. The summed E-state index contributed by atoms with van der Waals surface area (Å²) >= 11 is 0. The van der Waals surface area contributed by atoms with Gasteiger partial charge in [0.05, 0.1) is 18.4 Å². The predicted molar refractivity (Wildman–Crippen MR) is 71.3 cm³/mol. The first kappa shape index (κ1) is 13.5. The van der Waals surface area contributed by atoms with Gasteiger partial charge in [-0.05, 0) is 38.1 Å². The van der Waals surface area contributed by atoms with E-state index in [2.05, 4.69) is 5.32 Å². The van der Waals surface area contributed by atoms with Crippen molar-refractivity contribution in [1.29, 1.82) is 0 Å². The lowest BCUT2D eigenvalue weighted by molar-refractivity contribution is -0.143. The van der Waals surface area contributed by atoms with Crippen molar-refractivity contribution in [2.45, 2.75) is 38.1 Å². The van der Waals surface area contributed by atoms with Crippen molar-refractivity contribution in [3.63, 3.8) is 0 Å². The SMILES string of the molecule is CCCNC(CN1C(=O)C2CC2C1=O)(C(N)=O)C1CC1. The largest absolute Gasteiger partial charge is 0.368 e. The second-order valence-corrected chi connectivity index (χ2v) is 6.25. The average molecular weight is 279 g/mol. The molecule has 6 heteroatoms. The highest BCUT2D eigenvalue weighted by molar-refractivity contribution is 6.09. The number of fused-ring (bicyclic) bond motifs is 1. The Balaban J connectivity index is 1.80. The van der Waals surface area contributed by atoms with Crippen LogP contribution < -0.4 is 11.1 Å². The van der Waals surface area contributed by atoms with Crippen LogP contribution in [-0.2, 0) is 14.4 Å². The maximum absolute atomic E-state index is 12.1. The van der Waals surface area contributed by atoms with Gasteiger partial charge in [0.25, 0.3) is 0 Å². The lowest BCUT2D eigenvalue weighted by Gasteiger charge is -2.35. The molecule has 3 amide bonds. The van der Waals surface area contributed by atoms with E-state index in [0.717, 1.165) is 19.3 Å². The number of nitrogens with one attached hydrogen (secondary N) is 1. The molecule has 3 N–H and O–H groups in total. The van der Waals surface area contributed by atoms with E-state index in [1.165, 1.54) is 4.90 Å². The van der Waals surface area contributed by atoms with Crippen LogP contribution in [0.15, 0.2) is 0 Å². The minimum absolute atomic E-state index is 0.109. The molecule has 110 valence electrons. The minimum atomic E-state index is -0.932. The van der Waals surface area contributed by atoms with Crippen molar-refractivity contribution in [1.82, 2.24) is 10.2 Å². The van der Waals surface area contributed by atoms with Crippen LogP contribution in [-0.4, -0.2) is 41.2 Å². The number of nitrogens with two attached hydrogens (primary N) is 1. The number of primary amides is 1. The summed E-state index contributed by atoms with van der Waals surface area (Å²) in [6.07, 6.45) is 3.39. The molecule has 1 aliphatic heterocycles. The van der Waals surface area contributed by atoms with Gasteiger partial charge in [-0.1, -0.05) is 6.92 Å². The molecule has 3 unspecified atom stereocenters. The Bertz CT molecular complexity index is 454. The molecule has 1 heterocycles. The van der Waals surface area contributed by atoms with Crippen molar-refractivity contribution in [2.24, 2.45) is 23.5 Å². The molecule has 2 aliphatic carbocycles. The molecule has 0 spiro atoms. The second-order valence-electron chi connectivity index (χ2n) is 6.25. The first-order chi connectivity index (χ1) is 9.51. The summed E-state index contributed by atoms with van der Waals surface area (Å²) < 4.78 is 0. The summed E-state index contributed by atoms with van der Waals surface area (Å²) in [5.74, 6) is -0.801. The molecule has 3 fully saturated rings. The fraction of sp³-hybridized carbons (Fsp3) is 0.786. The Morgan fingerprint density at radius 2 is 1.95 bits per heavy atom. The van der Waals surface area contributed by atoms with Crippen LogP contribution in [0.2, 0.25) is 0 Å². The number of hydrogen-bond acceptors (Lipinski definition) is 4. The van der Waals surface area contributed by atoms with Gasteiger partial charge in [-0.3, -0.25) is 19.3 Å². The van der Waals surface area contributed by atoms with Gasteiger partial charge in [0.1, 0.15) is 5.54 Å².